The fourth-order valence-electron chi connectivity index (χ4n) is 3.23. The fraction of sp³-hybridized carbons (Fsp3) is 1.00. The maximum atomic E-state index is 6.29. The highest BCUT2D eigenvalue weighted by Gasteiger charge is 2.29. The van der Waals surface area contributed by atoms with Gasteiger partial charge in [0, 0.05) is 25.2 Å². The normalized spacial score (nSPS) is 30.9. The first kappa shape index (κ1) is 13.3. The lowest BCUT2D eigenvalue weighted by Crippen LogP contribution is -2.44. The molecule has 0 aliphatic carbocycles. The Morgan fingerprint density at radius 2 is 2.00 bits per heavy atom. The third kappa shape index (κ3) is 3.43. The predicted octanol–water partition coefficient (Wildman–Crippen LogP) is 1.53. The lowest BCUT2D eigenvalue weighted by atomic mass is 9.99. The van der Waals surface area contributed by atoms with E-state index < -0.39 is 0 Å². The van der Waals surface area contributed by atoms with E-state index in [1.165, 1.54) is 51.9 Å². The zero-order valence-electron chi connectivity index (χ0n) is 11.6. The predicted molar refractivity (Wildman–Crippen MR) is 73.1 cm³/mol. The first-order chi connectivity index (χ1) is 8.20. The van der Waals surface area contributed by atoms with E-state index in [9.17, 15) is 0 Å². The van der Waals surface area contributed by atoms with Gasteiger partial charge in [-0.1, -0.05) is 20.3 Å². The molecule has 100 valence electrons. The molecule has 3 atom stereocenters. The zero-order valence-corrected chi connectivity index (χ0v) is 11.6. The van der Waals surface area contributed by atoms with Crippen LogP contribution in [0.15, 0.2) is 0 Å². The van der Waals surface area contributed by atoms with E-state index in [4.69, 9.17) is 5.73 Å². The van der Waals surface area contributed by atoms with Gasteiger partial charge in [0.2, 0.25) is 0 Å². The molecule has 0 amide bonds. The van der Waals surface area contributed by atoms with Gasteiger partial charge in [-0.25, -0.2) is 0 Å². The Kier molecular flexibility index (Phi) is 4.83. The minimum Gasteiger partial charge on any atom is -0.326 e. The summed E-state index contributed by atoms with van der Waals surface area (Å²) in [6.45, 7) is 10.8. The van der Waals surface area contributed by atoms with Crippen LogP contribution >= 0.6 is 0 Å². The third-order valence-corrected chi connectivity index (χ3v) is 4.73. The van der Waals surface area contributed by atoms with E-state index >= 15 is 0 Å². The molecular weight excluding hydrogens is 210 g/mol. The summed E-state index contributed by atoms with van der Waals surface area (Å²) in [5, 5.41) is 0. The van der Waals surface area contributed by atoms with Crippen molar-refractivity contribution in [2.45, 2.75) is 51.6 Å². The van der Waals surface area contributed by atoms with Crippen molar-refractivity contribution in [2.24, 2.45) is 11.7 Å². The number of fused-ring (bicyclic) bond motifs is 1. The lowest BCUT2D eigenvalue weighted by molar-refractivity contribution is 0.200. The number of nitrogens with two attached hydrogens (primary N) is 1. The Balaban J connectivity index is 1.84. The SMILES string of the molecule is CCC(C)C(N)CN1CCCN2CCCC2C1. The molecule has 2 aliphatic heterocycles. The Hall–Kier alpha value is -0.120. The van der Waals surface area contributed by atoms with Crippen LogP contribution in [0.3, 0.4) is 0 Å². The Morgan fingerprint density at radius 3 is 2.76 bits per heavy atom. The monoisotopic (exact) mass is 239 g/mol. The smallest absolute Gasteiger partial charge is 0.0223 e. The van der Waals surface area contributed by atoms with Gasteiger partial charge in [0.15, 0.2) is 0 Å². The molecule has 0 radical (unpaired) electrons. The van der Waals surface area contributed by atoms with E-state index in [1.807, 2.05) is 0 Å². The second kappa shape index (κ2) is 6.17. The van der Waals surface area contributed by atoms with E-state index in [-0.39, 0.29) is 0 Å². The first-order valence-corrected chi connectivity index (χ1v) is 7.42. The molecule has 2 heterocycles. The van der Waals surface area contributed by atoms with Gasteiger partial charge in [0.1, 0.15) is 0 Å². The van der Waals surface area contributed by atoms with E-state index in [0.29, 0.717) is 12.0 Å². The van der Waals surface area contributed by atoms with Crippen molar-refractivity contribution in [3.63, 3.8) is 0 Å². The summed E-state index contributed by atoms with van der Waals surface area (Å²) in [5.74, 6) is 0.651. The van der Waals surface area contributed by atoms with Gasteiger partial charge in [-0.05, 0) is 44.8 Å². The molecule has 3 nitrogen and oxygen atoms in total. The first-order valence-electron chi connectivity index (χ1n) is 7.42. The second-order valence-corrected chi connectivity index (χ2v) is 5.99. The van der Waals surface area contributed by atoms with Crippen LogP contribution < -0.4 is 5.73 Å². The fourth-order valence-corrected chi connectivity index (χ4v) is 3.23. The van der Waals surface area contributed by atoms with Crippen LogP contribution in [0.25, 0.3) is 0 Å². The molecule has 0 aromatic carbocycles. The van der Waals surface area contributed by atoms with Crippen molar-refractivity contribution >= 4 is 0 Å². The van der Waals surface area contributed by atoms with Crippen LogP contribution in [0.4, 0.5) is 0 Å². The van der Waals surface area contributed by atoms with Crippen molar-refractivity contribution < 1.29 is 0 Å². The van der Waals surface area contributed by atoms with Crippen molar-refractivity contribution in [3.05, 3.63) is 0 Å². The maximum Gasteiger partial charge on any atom is 0.0223 e. The van der Waals surface area contributed by atoms with Gasteiger partial charge in [0.05, 0.1) is 0 Å². The Morgan fingerprint density at radius 1 is 1.24 bits per heavy atom. The molecule has 2 rings (SSSR count). The molecule has 2 saturated heterocycles. The number of hydrogen-bond donors (Lipinski definition) is 1. The highest BCUT2D eigenvalue weighted by atomic mass is 15.3. The van der Waals surface area contributed by atoms with E-state index in [2.05, 4.69) is 23.6 Å². The van der Waals surface area contributed by atoms with Crippen molar-refractivity contribution in [3.8, 4) is 0 Å². The number of rotatable bonds is 4. The third-order valence-electron chi connectivity index (χ3n) is 4.73. The molecular formula is C14H29N3. The molecule has 2 N–H and O–H groups in total. The summed E-state index contributed by atoms with van der Waals surface area (Å²) < 4.78 is 0. The van der Waals surface area contributed by atoms with Gasteiger partial charge in [-0.3, -0.25) is 4.90 Å². The zero-order chi connectivity index (χ0) is 12.3. The van der Waals surface area contributed by atoms with Crippen molar-refractivity contribution in [2.75, 3.05) is 32.7 Å². The molecule has 0 bridgehead atoms. The lowest BCUT2D eigenvalue weighted by Gasteiger charge is -2.29. The molecule has 0 aromatic rings. The molecule has 2 fully saturated rings. The van der Waals surface area contributed by atoms with Gasteiger partial charge >= 0.3 is 0 Å². The van der Waals surface area contributed by atoms with Crippen LogP contribution in [0.1, 0.15) is 39.5 Å². The molecule has 3 heteroatoms. The van der Waals surface area contributed by atoms with E-state index in [0.717, 1.165) is 12.6 Å². The van der Waals surface area contributed by atoms with Crippen LogP contribution in [0.5, 0.6) is 0 Å². The van der Waals surface area contributed by atoms with Crippen LogP contribution in [-0.2, 0) is 0 Å². The van der Waals surface area contributed by atoms with Crippen LogP contribution in [0, 0.1) is 5.92 Å². The largest absolute Gasteiger partial charge is 0.326 e. The molecule has 0 saturated carbocycles. The minimum atomic E-state index is 0.355. The highest BCUT2D eigenvalue weighted by Crippen LogP contribution is 2.21. The molecule has 0 spiro atoms. The molecule has 0 aromatic heterocycles. The summed E-state index contributed by atoms with van der Waals surface area (Å²) in [6, 6.07) is 1.18. The van der Waals surface area contributed by atoms with Crippen molar-refractivity contribution in [1.29, 1.82) is 0 Å². The molecule has 2 aliphatic rings. The van der Waals surface area contributed by atoms with Gasteiger partial charge in [-0.2, -0.15) is 0 Å². The average molecular weight is 239 g/mol. The summed E-state index contributed by atoms with van der Waals surface area (Å²) >= 11 is 0. The summed E-state index contributed by atoms with van der Waals surface area (Å²) in [5.41, 5.74) is 6.29. The average Bonchev–Trinajstić information content (AvgIpc) is 2.67. The molecule has 17 heavy (non-hydrogen) atoms. The second-order valence-electron chi connectivity index (χ2n) is 5.99. The Bertz CT molecular complexity index is 232. The summed E-state index contributed by atoms with van der Waals surface area (Å²) in [6.07, 6.45) is 5.32. The molecule has 3 unspecified atom stereocenters. The van der Waals surface area contributed by atoms with Gasteiger partial charge in [-0.15, -0.1) is 0 Å². The minimum absolute atomic E-state index is 0.355. The number of hydrogen-bond acceptors (Lipinski definition) is 3. The number of nitrogens with zero attached hydrogens (tertiary/aromatic N) is 2. The quantitative estimate of drug-likeness (QED) is 0.807. The summed E-state index contributed by atoms with van der Waals surface area (Å²) in [7, 11) is 0. The standard InChI is InChI=1S/C14H29N3/c1-3-12(2)14(15)11-16-7-5-9-17-8-4-6-13(17)10-16/h12-14H,3-11,15H2,1-2H3. The Labute approximate surface area is 106 Å². The highest BCUT2D eigenvalue weighted by molar-refractivity contribution is 4.86. The van der Waals surface area contributed by atoms with Crippen molar-refractivity contribution in [1.82, 2.24) is 9.80 Å². The van der Waals surface area contributed by atoms with Crippen LogP contribution in [-0.4, -0.2) is 54.6 Å². The van der Waals surface area contributed by atoms with Gasteiger partial charge < -0.3 is 10.6 Å². The topological polar surface area (TPSA) is 32.5 Å². The van der Waals surface area contributed by atoms with E-state index in [1.54, 1.807) is 0 Å². The van der Waals surface area contributed by atoms with Crippen LogP contribution in [0.2, 0.25) is 0 Å². The maximum absolute atomic E-state index is 6.29. The van der Waals surface area contributed by atoms with Gasteiger partial charge in [0.25, 0.3) is 0 Å². The summed E-state index contributed by atoms with van der Waals surface area (Å²) in [4.78, 5) is 5.31.